The first-order valence-electron chi connectivity index (χ1n) is 8.51. The molecular weight excluding hydrogens is 447 g/mol. The first-order valence-corrected chi connectivity index (χ1v) is 9.67. The number of thiocarbonyl (C=S) groups is 1. The second-order valence-electron chi connectivity index (χ2n) is 5.95. The van der Waals surface area contributed by atoms with Crippen molar-refractivity contribution in [1.82, 2.24) is 5.32 Å². The third-order valence-corrected chi connectivity index (χ3v) is 4.62. The van der Waals surface area contributed by atoms with Crippen LogP contribution in [0.4, 0.5) is 5.69 Å². The number of anilines is 1. The zero-order valence-electron chi connectivity index (χ0n) is 15.2. The number of nitrogens with one attached hydrogen (secondary N) is 2. The largest absolute Gasteiger partial charge is 0.478 e. The highest BCUT2D eigenvalue weighted by molar-refractivity contribution is 7.80. The molecule has 0 radical (unpaired) electrons. The summed E-state index contributed by atoms with van der Waals surface area (Å²) in [5, 5.41) is 15.2. The number of benzene rings is 2. The summed E-state index contributed by atoms with van der Waals surface area (Å²) in [6.07, 6.45) is 2.71. The second kappa shape index (κ2) is 9.58. The van der Waals surface area contributed by atoms with E-state index in [1.54, 1.807) is 48.5 Å². The van der Waals surface area contributed by atoms with Crippen LogP contribution < -0.4 is 10.6 Å². The van der Waals surface area contributed by atoms with Crippen LogP contribution in [0.3, 0.4) is 0 Å². The van der Waals surface area contributed by atoms with Crippen LogP contribution in [0.2, 0.25) is 10.0 Å². The maximum atomic E-state index is 12.1. The van der Waals surface area contributed by atoms with Gasteiger partial charge in [-0.1, -0.05) is 35.3 Å². The monoisotopic (exact) mass is 460 g/mol. The minimum atomic E-state index is -1.11. The minimum Gasteiger partial charge on any atom is -0.478 e. The van der Waals surface area contributed by atoms with Gasteiger partial charge in [-0.15, -0.1) is 0 Å². The number of rotatable bonds is 5. The summed E-state index contributed by atoms with van der Waals surface area (Å²) in [4.78, 5) is 23.3. The normalized spacial score (nSPS) is 10.7. The van der Waals surface area contributed by atoms with E-state index in [0.29, 0.717) is 27.1 Å². The van der Waals surface area contributed by atoms with E-state index in [-0.39, 0.29) is 16.4 Å². The molecule has 0 spiro atoms. The highest BCUT2D eigenvalue weighted by Gasteiger charge is 2.11. The van der Waals surface area contributed by atoms with Crippen molar-refractivity contribution in [2.45, 2.75) is 0 Å². The van der Waals surface area contributed by atoms with Gasteiger partial charge in [0.1, 0.15) is 11.5 Å². The van der Waals surface area contributed by atoms with Crippen LogP contribution in [0.1, 0.15) is 16.1 Å². The van der Waals surface area contributed by atoms with E-state index in [1.807, 2.05) is 0 Å². The molecule has 6 nitrogen and oxygen atoms in total. The number of furan rings is 1. The Morgan fingerprint density at radius 3 is 2.57 bits per heavy atom. The summed E-state index contributed by atoms with van der Waals surface area (Å²) < 4.78 is 5.68. The molecule has 1 aromatic heterocycles. The molecule has 9 heteroatoms. The Bertz CT molecular complexity index is 1160. The topological polar surface area (TPSA) is 91.6 Å². The third-order valence-electron chi connectivity index (χ3n) is 3.86. The number of carboxylic acid groups (broad SMARTS) is 1. The summed E-state index contributed by atoms with van der Waals surface area (Å²) in [5.74, 6) is -0.662. The van der Waals surface area contributed by atoms with E-state index in [9.17, 15) is 14.7 Å². The standard InChI is InChI=1S/C21H14Cl2N2O4S/c22-12-5-8-14(16(23)11-12)18-9-6-13(29-18)7-10-19(26)25-21(30)24-17-4-2-1-3-15(17)20(27)28/h1-11H,(H,27,28)(H2,24,25,26,30)/b10-7+. The number of carboxylic acids is 1. The fraction of sp³-hybridized carbons (Fsp3) is 0. The molecule has 0 aliphatic heterocycles. The van der Waals surface area contributed by atoms with Crippen LogP contribution in [-0.4, -0.2) is 22.1 Å². The van der Waals surface area contributed by atoms with Gasteiger partial charge in [-0.3, -0.25) is 10.1 Å². The highest BCUT2D eigenvalue weighted by atomic mass is 35.5. The zero-order chi connectivity index (χ0) is 21.7. The Labute approximate surface area is 187 Å². The molecule has 152 valence electrons. The van der Waals surface area contributed by atoms with Crippen LogP contribution in [0, 0.1) is 0 Å². The van der Waals surface area contributed by atoms with Crippen molar-refractivity contribution in [3.8, 4) is 11.3 Å². The maximum absolute atomic E-state index is 12.1. The van der Waals surface area contributed by atoms with Crippen LogP contribution in [0.5, 0.6) is 0 Å². The summed E-state index contributed by atoms with van der Waals surface area (Å²) in [6.45, 7) is 0. The van der Waals surface area contributed by atoms with E-state index in [1.165, 1.54) is 18.2 Å². The molecule has 0 saturated heterocycles. The van der Waals surface area contributed by atoms with Crippen LogP contribution in [-0.2, 0) is 4.79 Å². The maximum Gasteiger partial charge on any atom is 0.337 e. The van der Waals surface area contributed by atoms with Crippen LogP contribution >= 0.6 is 35.4 Å². The average molecular weight is 461 g/mol. The van der Waals surface area contributed by atoms with Gasteiger partial charge < -0.3 is 14.8 Å². The Balaban J connectivity index is 1.62. The lowest BCUT2D eigenvalue weighted by atomic mass is 10.2. The molecular formula is C21H14Cl2N2O4S. The number of amides is 1. The number of halogens is 2. The molecule has 0 bridgehead atoms. The Morgan fingerprint density at radius 1 is 1.07 bits per heavy atom. The van der Waals surface area contributed by atoms with Gasteiger partial charge >= 0.3 is 5.97 Å². The Hall–Kier alpha value is -3.13. The number of carbonyl (C=O) groups excluding carboxylic acids is 1. The van der Waals surface area contributed by atoms with Gasteiger partial charge in [0.25, 0.3) is 0 Å². The van der Waals surface area contributed by atoms with Gasteiger partial charge in [-0.25, -0.2) is 4.79 Å². The molecule has 0 saturated carbocycles. The third kappa shape index (κ3) is 5.48. The first-order chi connectivity index (χ1) is 14.3. The molecule has 0 fully saturated rings. The molecule has 1 amide bonds. The van der Waals surface area contributed by atoms with E-state index >= 15 is 0 Å². The predicted octanol–water partition coefficient (Wildman–Crippen LogP) is 5.48. The number of hydrogen-bond donors (Lipinski definition) is 3. The smallest absolute Gasteiger partial charge is 0.337 e. The van der Waals surface area contributed by atoms with Crippen molar-refractivity contribution in [2.24, 2.45) is 0 Å². The number of para-hydroxylation sites is 1. The lowest BCUT2D eigenvalue weighted by Gasteiger charge is -2.10. The summed E-state index contributed by atoms with van der Waals surface area (Å²) in [6, 6.07) is 14.7. The van der Waals surface area contributed by atoms with Crippen molar-refractivity contribution < 1.29 is 19.1 Å². The van der Waals surface area contributed by atoms with Crippen molar-refractivity contribution in [3.05, 3.63) is 82.0 Å². The number of hydrogen-bond acceptors (Lipinski definition) is 4. The fourth-order valence-corrected chi connectivity index (χ4v) is 3.23. The van der Waals surface area contributed by atoms with Crippen molar-refractivity contribution in [1.29, 1.82) is 0 Å². The predicted molar refractivity (Wildman–Crippen MR) is 121 cm³/mol. The van der Waals surface area contributed by atoms with Gasteiger partial charge in [0.2, 0.25) is 5.91 Å². The number of aromatic carboxylic acids is 1. The van der Waals surface area contributed by atoms with Crippen LogP contribution in [0.25, 0.3) is 17.4 Å². The van der Waals surface area contributed by atoms with E-state index < -0.39 is 11.9 Å². The zero-order valence-corrected chi connectivity index (χ0v) is 17.5. The van der Waals surface area contributed by atoms with Crippen LogP contribution in [0.15, 0.2) is 65.1 Å². The number of carbonyl (C=O) groups is 2. The second-order valence-corrected chi connectivity index (χ2v) is 7.21. The van der Waals surface area contributed by atoms with E-state index in [4.69, 9.17) is 39.8 Å². The molecule has 0 atom stereocenters. The molecule has 3 rings (SSSR count). The summed E-state index contributed by atoms with van der Waals surface area (Å²) >= 11 is 17.1. The van der Waals surface area contributed by atoms with Gasteiger partial charge in [-0.2, -0.15) is 0 Å². The Morgan fingerprint density at radius 2 is 1.83 bits per heavy atom. The molecule has 2 aromatic carbocycles. The Kier molecular flexibility index (Phi) is 6.89. The summed E-state index contributed by atoms with van der Waals surface area (Å²) in [7, 11) is 0. The first kappa shape index (κ1) is 21.6. The molecule has 0 aliphatic carbocycles. The van der Waals surface area contributed by atoms with Crippen molar-refractivity contribution in [3.63, 3.8) is 0 Å². The van der Waals surface area contributed by atoms with E-state index in [0.717, 1.165) is 0 Å². The highest BCUT2D eigenvalue weighted by Crippen LogP contribution is 2.31. The fourth-order valence-electron chi connectivity index (χ4n) is 2.52. The quantitative estimate of drug-likeness (QED) is 0.345. The lowest BCUT2D eigenvalue weighted by molar-refractivity contribution is -0.115. The summed E-state index contributed by atoms with van der Waals surface area (Å²) in [5.41, 5.74) is 0.982. The van der Waals surface area contributed by atoms with Crippen molar-refractivity contribution in [2.75, 3.05) is 5.32 Å². The molecule has 3 N–H and O–H groups in total. The minimum absolute atomic E-state index is 0.0357. The van der Waals surface area contributed by atoms with E-state index in [2.05, 4.69) is 10.6 Å². The molecule has 30 heavy (non-hydrogen) atoms. The molecule has 1 heterocycles. The molecule has 0 aliphatic rings. The average Bonchev–Trinajstić information content (AvgIpc) is 3.15. The van der Waals surface area contributed by atoms with Gasteiger partial charge in [0, 0.05) is 16.7 Å². The SMILES string of the molecule is O=C(/C=C/c1ccc(-c2ccc(Cl)cc2Cl)o1)NC(=S)Nc1ccccc1C(=O)O. The van der Waals surface area contributed by atoms with Gasteiger partial charge in [-0.05, 0) is 60.8 Å². The molecule has 3 aromatic rings. The van der Waals surface area contributed by atoms with Gasteiger partial charge in [0.15, 0.2) is 5.11 Å². The van der Waals surface area contributed by atoms with Gasteiger partial charge in [0.05, 0.1) is 16.3 Å². The van der Waals surface area contributed by atoms with Crippen molar-refractivity contribution >= 4 is 64.2 Å². The molecule has 0 unspecified atom stereocenters. The lowest BCUT2D eigenvalue weighted by Crippen LogP contribution is -2.33.